The van der Waals surface area contributed by atoms with Crippen molar-refractivity contribution in [1.82, 2.24) is 5.32 Å². The van der Waals surface area contributed by atoms with Crippen LogP contribution in [0.5, 0.6) is 5.75 Å². The van der Waals surface area contributed by atoms with Crippen LogP contribution in [0.25, 0.3) is 0 Å². The zero-order chi connectivity index (χ0) is 18.2. The molecule has 23 heavy (non-hydrogen) atoms. The van der Waals surface area contributed by atoms with E-state index in [0.29, 0.717) is 12.7 Å². The smallest absolute Gasteiger partial charge is 0.261 e. The second-order valence-corrected chi connectivity index (χ2v) is 8.12. The second kappa shape index (κ2) is 10.2. The van der Waals surface area contributed by atoms with Gasteiger partial charge in [-0.05, 0) is 69.3 Å². The molecule has 1 aromatic rings. The van der Waals surface area contributed by atoms with E-state index in [1.807, 2.05) is 51.3 Å². The molecule has 11 heteroatoms. The maximum atomic E-state index is 11.5. The summed E-state index contributed by atoms with van der Waals surface area (Å²) in [5.41, 5.74) is 6.62. The summed E-state index contributed by atoms with van der Waals surface area (Å²) in [6, 6.07) is 4.69. The lowest BCUT2D eigenvalue weighted by Gasteiger charge is -2.12. The zero-order valence-corrected chi connectivity index (χ0v) is 17.1. The number of nitrogens with zero attached hydrogens (tertiary/aromatic N) is 1. The minimum absolute atomic E-state index is 0.0445. The minimum Gasteiger partial charge on any atom is -0.506 e. The molecule has 0 saturated heterocycles. The number of aromatic hydroxyl groups is 1. The van der Waals surface area contributed by atoms with E-state index in [9.17, 15) is 18.3 Å². The molecule has 1 rings (SSSR count). The highest BCUT2D eigenvalue weighted by Crippen LogP contribution is 2.27. The third kappa shape index (κ3) is 10.7. The van der Waals surface area contributed by atoms with Crippen LogP contribution in [0, 0.1) is 18.5 Å². The van der Waals surface area contributed by atoms with Crippen molar-refractivity contribution in [2.75, 3.05) is 12.8 Å². The van der Waals surface area contributed by atoms with Crippen LogP contribution in [0.1, 0.15) is 5.56 Å². The molecule has 8 nitrogen and oxygen atoms in total. The van der Waals surface area contributed by atoms with Gasteiger partial charge >= 0.3 is 0 Å². The minimum atomic E-state index is -3.67. The van der Waals surface area contributed by atoms with Gasteiger partial charge in [-0.2, -0.15) is 13.7 Å². The molecule has 5 N–H and O–H groups in total. The van der Waals surface area contributed by atoms with Crippen molar-refractivity contribution < 1.29 is 22.9 Å². The number of phenols is 1. The van der Waals surface area contributed by atoms with Gasteiger partial charge in [-0.25, -0.2) is 0 Å². The third-order valence-corrected chi connectivity index (χ3v) is 3.86. The summed E-state index contributed by atoms with van der Waals surface area (Å²) in [5.74, 6) is -0.114. The Morgan fingerprint density at radius 1 is 1.43 bits per heavy atom. The average Bonchev–Trinajstić information content (AvgIpc) is 2.40. The highest BCUT2D eigenvalue weighted by molar-refractivity contribution is 14.1. The van der Waals surface area contributed by atoms with E-state index >= 15 is 0 Å². The van der Waals surface area contributed by atoms with Gasteiger partial charge in [0, 0.05) is 0 Å². The molecule has 0 aromatic heterocycles. The molecule has 128 valence electrons. The van der Waals surface area contributed by atoms with Gasteiger partial charge in [0.05, 0.1) is 25.5 Å². The molecule has 0 unspecified atom stereocenters. The number of carbonyl (C=O) groups is 1. The van der Waals surface area contributed by atoms with Crippen molar-refractivity contribution in [1.29, 1.82) is 5.26 Å². The van der Waals surface area contributed by atoms with Gasteiger partial charge in [0.15, 0.2) is 0 Å². The van der Waals surface area contributed by atoms with Gasteiger partial charge < -0.3 is 16.2 Å². The van der Waals surface area contributed by atoms with Crippen LogP contribution in [0.3, 0.4) is 0 Å². The quantitative estimate of drug-likeness (QED) is 0.237. The van der Waals surface area contributed by atoms with E-state index < -0.39 is 16.2 Å². The van der Waals surface area contributed by atoms with Crippen molar-refractivity contribution in [2.45, 2.75) is 12.5 Å². The molecule has 1 amide bonds. The van der Waals surface area contributed by atoms with E-state index in [1.165, 1.54) is 0 Å². The van der Waals surface area contributed by atoms with Crippen molar-refractivity contribution >= 4 is 61.2 Å². The molecule has 1 aromatic carbocycles. The molecule has 0 heterocycles. The fourth-order valence-electron chi connectivity index (χ4n) is 1.34. The molecule has 0 bridgehead atoms. The van der Waals surface area contributed by atoms with Gasteiger partial charge in [-0.3, -0.25) is 9.35 Å². The Hall–Kier alpha value is -0.690. The predicted molar refractivity (Wildman–Crippen MR) is 101 cm³/mol. The number of benzene rings is 1. The topological polar surface area (TPSA) is 154 Å². The molecular formula is C12H15I2N3O5S. The van der Waals surface area contributed by atoms with Gasteiger partial charge in [0.25, 0.3) is 10.1 Å². The van der Waals surface area contributed by atoms with E-state index in [0.717, 1.165) is 12.7 Å². The summed E-state index contributed by atoms with van der Waals surface area (Å²) in [6.07, 6.45) is 1.08. The first kappa shape index (κ1) is 22.3. The standard InChI is InChI=1S/C11H11I2N3O2.CH4O3S/c12-7-3-6(4-8(13)10(7)17)5-9(15)11(18)16-2-1-14;1-5(2,3)4/h3-4,9,17H,2,5,15H2,(H,16,18);1H3,(H,2,3,4)/t9-;/m0./s1. The van der Waals surface area contributed by atoms with Crippen LogP contribution in [-0.2, 0) is 21.3 Å². The first-order chi connectivity index (χ1) is 10.5. The van der Waals surface area contributed by atoms with E-state index in [4.69, 9.17) is 15.5 Å². The summed E-state index contributed by atoms with van der Waals surface area (Å²) in [5, 5.41) is 20.4. The van der Waals surface area contributed by atoms with Gasteiger partial charge in [0.1, 0.15) is 12.3 Å². The zero-order valence-electron chi connectivity index (χ0n) is 12.0. The number of rotatable bonds is 4. The van der Waals surface area contributed by atoms with Crippen molar-refractivity contribution in [3.05, 3.63) is 24.8 Å². The summed E-state index contributed by atoms with van der Waals surface area (Å²) in [6.45, 7) is -0.0445. The molecular weight excluding hydrogens is 552 g/mol. The molecule has 0 fully saturated rings. The number of hydrogen-bond donors (Lipinski definition) is 4. The summed E-state index contributed by atoms with van der Waals surface area (Å²) < 4.78 is 27.3. The Labute approximate surface area is 161 Å². The third-order valence-electron chi connectivity index (χ3n) is 2.21. The average molecular weight is 567 g/mol. The number of nitrogens with one attached hydrogen (secondary N) is 1. The van der Waals surface area contributed by atoms with Crippen LogP contribution in [0.4, 0.5) is 0 Å². The highest BCUT2D eigenvalue weighted by Gasteiger charge is 2.15. The molecule has 0 saturated carbocycles. The van der Waals surface area contributed by atoms with Crippen LogP contribution >= 0.6 is 45.2 Å². The normalized spacial score (nSPS) is 11.7. The number of nitriles is 1. The summed E-state index contributed by atoms with van der Waals surface area (Å²) >= 11 is 4.05. The number of nitrogens with two attached hydrogens (primary N) is 1. The van der Waals surface area contributed by atoms with Crippen LogP contribution in [-0.4, -0.2) is 42.8 Å². The highest BCUT2D eigenvalue weighted by atomic mass is 127. The lowest BCUT2D eigenvalue weighted by Crippen LogP contribution is -2.42. The first-order valence-electron chi connectivity index (χ1n) is 5.95. The molecule has 0 aliphatic carbocycles. The summed E-state index contributed by atoms with van der Waals surface area (Å²) in [4.78, 5) is 11.5. The number of carbonyl (C=O) groups excluding carboxylic acids is 1. The van der Waals surface area contributed by atoms with Gasteiger partial charge in [0.2, 0.25) is 5.91 Å². The number of amides is 1. The summed E-state index contributed by atoms with van der Waals surface area (Å²) in [7, 11) is -3.67. The van der Waals surface area contributed by atoms with Crippen LogP contribution in [0.2, 0.25) is 0 Å². The first-order valence-corrected chi connectivity index (χ1v) is 9.95. The lowest BCUT2D eigenvalue weighted by molar-refractivity contribution is -0.122. The Kier molecular flexibility index (Phi) is 9.93. The number of hydrogen-bond acceptors (Lipinski definition) is 6. The number of halogens is 2. The fourth-order valence-corrected chi connectivity index (χ4v) is 3.24. The van der Waals surface area contributed by atoms with Crippen molar-refractivity contribution in [3.8, 4) is 11.8 Å². The monoisotopic (exact) mass is 567 g/mol. The Bertz CT molecular complexity index is 672. The SMILES string of the molecule is CS(=O)(=O)O.N#CCNC(=O)[C@@H](N)Cc1cc(I)c(O)c(I)c1. The maximum Gasteiger partial charge on any atom is 0.261 e. The van der Waals surface area contributed by atoms with Crippen molar-refractivity contribution in [3.63, 3.8) is 0 Å². The van der Waals surface area contributed by atoms with Gasteiger partial charge in [-0.15, -0.1) is 0 Å². The molecule has 0 spiro atoms. The molecule has 0 aliphatic rings. The van der Waals surface area contributed by atoms with Crippen LogP contribution < -0.4 is 11.1 Å². The lowest BCUT2D eigenvalue weighted by atomic mass is 10.1. The Balaban J connectivity index is 0.000000841. The Morgan fingerprint density at radius 3 is 2.26 bits per heavy atom. The van der Waals surface area contributed by atoms with E-state index in [2.05, 4.69) is 5.32 Å². The maximum absolute atomic E-state index is 11.5. The van der Waals surface area contributed by atoms with E-state index in [1.54, 1.807) is 12.1 Å². The number of phenolic OH excluding ortho intramolecular Hbond substituents is 1. The molecule has 1 atom stereocenters. The Morgan fingerprint density at radius 2 is 1.87 bits per heavy atom. The van der Waals surface area contributed by atoms with Crippen molar-refractivity contribution in [2.24, 2.45) is 5.73 Å². The fraction of sp³-hybridized carbons (Fsp3) is 0.333. The van der Waals surface area contributed by atoms with Crippen LogP contribution in [0.15, 0.2) is 12.1 Å². The largest absolute Gasteiger partial charge is 0.506 e. The predicted octanol–water partition coefficient (Wildman–Crippen LogP) is 0.615. The molecule has 0 radical (unpaired) electrons. The van der Waals surface area contributed by atoms with Gasteiger partial charge in [-0.1, -0.05) is 0 Å². The van der Waals surface area contributed by atoms with E-state index in [-0.39, 0.29) is 18.2 Å². The molecule has 0 aliphatic heterocycles. The second-order valence-electron chi connectivity index (χ2n) is 4.33.